The Kier molecular flexibility index (Phi) is 3.96. The number of fused-ring (bicyclic) bond motifs is 1. The van der Waals surface area contributed by atoms with Crippen molar-refractivity contribution in [2.75, 3.05) is 13.7 Å². The van der Waals surface area contributed by atoms with Crippen molar-refractivity contribution in [3.63, 3.8) is 0 Å². The second-order valence-electron chi connectivity index (χ2n) is 5.57. The summed E-state index contributed by atoms with van der Waals surface area (Å²) in [6.07, 6.45) is 1.77. The molecule has 1 aliphatic rings. The highest BCUT2D eigenvalue weighted by Crippen LogP contribution is 2.36. The van der Waals surface area contributed by atoms with Crippen LogP contribution in [-0.4, -0.2) is 13.7 Å². The van der Waals surface area contributed by atoms with Crippen LogP contribution in [0.4, 0.5) is 0 Å². The van der Waals surface area contributed by atoms with E-state index in [2.05, 4.69) is 11.4 Å². The van der Waals surface area contributed by atoms with Crippen molar-refractivity contribution >= 4 is 11.6 Å². The van der Waals surface area contributed by atoms with Gasteiger partial charge in [-0.1, -0.05) is 11.6 Å². The molecule has 1 aliphatic heterocycles. The minimum atomic E-state index is 0.189. The molecule has 0 bridgehead atoms. The van der Waals surface area contributed by atoms with Crippen molar-refractivity contribution in [3.8, 4) is 5.75 Å². The van der Waals surface area contributed by atoms with Gasteiger partial charge in [-0.3, -0.25) is 0 Å². The molecule has 0 radical (unpaired) electrons. The van der Waals surface area contributed by atoms with E-state index >= 15 is 0 Å². The van der Waals surface area contributed by atoms with Crippen LogP contribution in [0, 0.1) is 13.8 Å². The maximum absolute atomic E-state index is 6.24. The lowest BCUT2D eigenvalue weighted by molar-refractivity contribution is 0.352. The standard InChI is InChI=1S/C17H20ClNO2/c1-10-6-15(11(2)21-10)16(19-3)9-13-8-14(18)7-12-4-5-20-17(12)13/h6-8,16,19H,4-5,9H2,1-3H3. The first-order chi connectivity index (χ1) is 10.1. The number of halogens is 1. The number of ether oxygens (including phenoxy) is 1. The molecule has 2 aromatic rings. The van der Waals surface area contributed by atoms with E-state index < -0.39 is 0 Å². The average molecular weight is 306 g/mol. The number of hydrogen-bond acceptors (Lipinski definition) is 3. The monoisotopic (exact) mass is 305 g/mol. The molecule has 1 aromatic heterocycles. The third-order valence-corrected chi connectivity index (χ3v) is 4.27. The first kappa shape index (κ1) is 14.5. The third kappa shape index (κ3) is 2.81. The highest BCUT2D eigenvalue weighted by atomic mass is 35.5. The average Bonchev–Trinajstić information content (AvgIpc) is 3.02. The highest BCUT2D eigenvalue weighted by molar-refractivity contribution is 6.30. The van der Waals surface area contributed by atoms with E-state index in [-0.39, 0.29) is 6.04 Å². The summed E-state index contributed by atoms with van der Waals surface area (Å²) >= 11 is 6.24. The number of likely N-dealkylation sites (N-methyl/N-ethyl adjacent to an activating group) is 1. The fourth-order valence-corrected chi connectivity index (χ4v) is 3.34. The van der Waals surface area contributed by atoms with Gasteiger partial charge in [0.25, 0.3) is 0 Å². The van der Waals surface area contributed by atoms with Crippen LogP contribution in [0.25, 0.3) is 0 Å². The summed E-state index contributed by atoms with van der Waals surface area (Å²) in [5.74, 6) is 2.92. The summed E-state index contributed by atoms with van der Waals surface area (Å²) in [5.41, 5.74) is 3.57. The molecular weight excluding hydrogens is 286 g/mol. The van der Waals surface area contributed by atoms with Crippen LogP contribution >= 0.6 is 11.6 Å². The lowest BCUT2D eigenvalue weighted by Crippen LogP contribution is -2.19. The normalized spacial score (nSPS) is 14.9. The summed E-state index contributed by atoms with van der Waals surface area (Å²) in [4.78, 5) is 0. The molecule has 1 aromatic carbocycles. The van der Waals surface area contributed by atoms with E-state index in [4.69, 9.17) is 20.8 Å². The summed E-state index contributed by atoms with van der Waals surface area (Å²) in [5, 5.41) is 4.15. The van der Waals surface area contributed by atoms with E-state index in [1.54, 1.807) is 0 Å². The Morgan fingerprint density at radius 3 is 2.76 bits per heavy atom. The molecular formula is C17H20ClNO2. The van der Waals surface area contributed by atoms with Gasteiger partial charge < -0.3 is 14.5 Å². The predicted octanol–water partition coefficient (Wildman–Crippen LogP) is 3.99. The lowest BCUT2D eigenvalue weighted by Gasteiger charge is -2.18. The first-order valence-electron chi connectivity index (χ1n) is 7.26. The number of furan rings is 1. The zero-order chi connectivity index (χ0) is 15.0. The number of nitrogens with one attached hydrogen (secondary N) is 1. The van der Waals surface area contributed by atoms with Gasteiger partial charge >= 0.3 is 0 Å². The zero-order valence-corrected chi connectivity index (χ0v) is 13.4. The second kappa shape index (κ2) is 5.74. The van der Waals surface area contributed by atoms with Gasteiger partial charge in [-0.05, 0) is 56.6 Å². The third-order valence-electron chi connectivity index (χ3n) is 4.05. The summed E-state index contributed by atoms with van der Waals surface area (Å²) in [6.45, 7) is 4.73. The molecule has 2 heterocycles. The Balaban J connectivity index is 1.93. The Morgan fingerprint density at radius 2 is 2.10 bits per heavy atom. The molecule has 1 unspecified atom stereocenters. The van der Waals surface area contributed by atoms with Gasteiger partial charge in [-0.25, -0.2) is 0 Å². The first-order valence-corrected chi connectivity index (χ1v) is 7.64. The van der Waals surface area contributed by atoms with Crippen LogP contribution in [0.5, 0.6) is 5.75 Å². The minimum Gasteiger partial charge on any atom is -0.493 e. The maximum atomic E-state index is 6.24. The smallest absolute Gasteiger partial charge is 0.125 e. The van der Waals surface area contributed by atoms with Crippen molar-refractivity contribution in [3.05, 3.63) is 51.4 Å². The molecule has 0 spiro atoms. The van der Waals surface area contributed by atoms with Crippen LogP contribution in [0.2, 0.25) is 5.02 Å². The number of hydrogen-bond donors (Lipinski definition) is 1. The van der Waals surface area contributed by atoms with Crippen molar-refractivity contribution in [1.82, 2.24) is 5.32 Å². The van der Waals surface area contributed by atoms with Gasteiger partial charge in [-0.2, -0.15) is 0 Å². The maximum Gasteiger partial charge on any atom is 0.125 e. The Morgan fingerprint density at radius 1 is 1.29 bits per heavy atom. The van der Waals surface area contributed by atoms with Crippen LogP contribution in [0.1, 0.15) is 34.3 Å². The molecule has 0 saturated carbocycles. The molecule has 0 aliphatic carbocycles. The molecule has 0 fully saturated rings. The van der Waals surface area contributed by atoms with Gasteiger partial charge in [0.15, 0.2) is 0 Å². The van der Waals surface area contributed by atoms with Crippen molar-refractivity contribution in [2.45, 2.75) is 32.7 Å². The Labute approximate surface area is 130 Å². The van der Waals surface area contributed by atoms with Crippen molar-refractivity contribution in [2.24, 2.45) is 0 Å². The van der Waals surface area contributed by atoms with E-state index in [0.29, 0.717) is 0 Å². The fraction of sp³-hybridized carbons (Fsp3) is 0.412. The molecule has 4 heteroatoms. The van der Waals surface area contributed by atoms with E-state index in [1.165, 1.54) is 11.1 Å². The minimum absolute atomic E-state index is 0.189. The number of rotatable bonds is 4. The fourth-order valence-electron chi connectivity index (χ4n) is 3.08. The van der Waals surface area contributed by atoms with Crippen LogP contribution in [0.3, 0.4) is 0 Å². The Hall–Kier alpha value is -1.45. The molecule has 1 N–H and O–H groups in total. The number of aryl methyl sites for hydroxylation is 2. The van der Waals surface area contributed by atoms with E-state index in [1.807, 2.05) is 33.0 Å². The van der Waals surface area contributed by atoms with Crippen LogP contribution in [0.15, 0.2) is 22.6 Å². The second-order valence-corrected chi connectivity index (χ2v) is 6.00. The highest BCUT2D eigenvalue weighted by Gasteiger charge is 2.22. The predicted molar refractivity (Wildman–Crippen MR) is 84.3 cm³/mol. The van der Waals surface area contributed by atoms with Crippen molar-refractivity contribution in [1.29, 1.82) is 0 Å². The molecule has 3 rings (SSSR count). The van der Waals surface area contributed by atoms with E-state index in [9.17, 15) is 0 Å². The lowest BCUT2D eigenvalue weighted by atomic mass is 9.97. The van der Waals surface area contributed by atoms with E-state index in [0.717, 1.165) is 47.3 Å². The molecule has 3 nitrogen and oxygen atoms in total. The quantitative estimate of drug-likeness (QED) is 0.927. The molecule has 0 saturated heterocycles. The largest absolute Gasteiger partial charge is 0.493 e. The SMILES string of the molecule is CNC(Cc1cc(Cl)cc2c1OCC2)c1cc(C)oc1C. The van der Waals surface area contributed by atoms with Gasteiger partial charge in [0.1, 0.15) is 17.3 Å². The van der Waals surface area contributed by atoms with Crippen LogP contribution < -0.4 is 10.1 Å². The van der Waals surface area contributed by atoms with Gasteiger partial charge in [0, 0.05) is 23.0 Å². The van der Waals surface area contributed by atoms with Gasteiger partial charge in [0.05, 0.1) is 6.61 Å². The zero-order valence-electron chi connectivity index (χ0n) is 12.6. The summed E-state index contributed by atoms with van der Waals surface area (Å²) < 4.78 is 11.4. The molecule has 0 amide bonds. The Bertz CT molecular complexity index is 663. The molecule has 21 heavy (non-hydrogen) atoms. The molecule has 112 valence electrons. The van der Waals surface area contributed by atoms with Gasteiger partial charge in [0.2, 0.25) is 0 Å². The van der Waals surface area contributed by atoms with Crippen molar-refractivity contribution < 1.29 is 9.15 Å². The topological polar surface area (TPSA) is 34.4 Å². The summed E-state index contributed by atoms with van der Waals surface area (Å²) in [6, 6.07) is 6.31. The molecule has 1 atom stereocenters. The van der Waals surface area contributed by atoms with Gasteiger partial charge in [-0.15, -0.1) is 0 Å². The number of benzene rings is 1. The summed E-state index contributed by atoms with van der Waals surface area (Å²) in [7, 11) is 1.97. The van der Waals surface area contributed by atoms with Crippen LogP contribution in [-0.2, 0) is 12.8 Å².